The second-order valence-electron chi connectivity index (χ2n) is 10.3. The number of halogens is 3. The molecule has 214 valence electrons. The van der Waals surface area contributed by atoms with E-state index in [2.05, 4.69) is 25.6 Å². The third-order valence-corrected chi connectivity index (χ3v) is 8.22. The highest BCUT2D eigenvalue weighted by Gasteiger charge is 2.38. The number of rotatable bonds is 5. The minimum absolute atomic E-state index is 0.163. The zero-order valence-electron chi connectivity index (χ0n) is 22.7. The third-order valence-electron chi connectivity index (χ3n) is 6.98. The Hall–Kier alpha value is -4.03. The number of piperidine rings is 1. The molecule has 0 spiro atoms. The number of hydrogen-bond donors (Lipinski definition) is 3. The molecular weight excluding hydrogens is 553 g/mol. The van der Waals surface area contributed by atoms with E-state index in [4.69, 9.17) is 0 Å². The van der Waals surface area contributed by atoms with Gasteiger partial charge in [0.15, 0.2) is 0 Å². The van der Waals surface area contributed by atoms with Crippen molar-refractivity contribution >= 4 is 34.7 Å². The average molecular weight is 583 g/mol. The third kappa shape index (κ3) is 6.49. The summed E-state index contributed by atoms with van der Waals surface area (Å²) < 4.78 is 39.2. The quantitative estimate of drug-likeness (QED) is 0.239. The second kappa shape index (κ2) is 11.1. The Balaban J connectivity index is 1.27. The summed E-state index contributed by atoms with van der Waals surface area (Å²) in [6.07, 6.45) is -1.15. The number of aromatic nitrogens is 3. The SMILES string of the molecule is Cc1cc(Nc2nccc(C(F)(F)F)n2)cc(-c2cnc(C3(O)CCN(C(=O)Nc4cc(C)ccc4C)CC3)s2)c1. The normalized spacial score (nSPS) is 15.0. The van der Waals surface area contributed by atoms with Crippen molar-refractivity contribution in [1.29, 1.82) is 0 Å². The number of nitrogens with zero attached hydrogens (tertiary/aromatic N) is 4. The van der Waals surface area contributed by atoms with Gasteiger partial charge >= 0.3 is 12.2 Å². The summed E-state index contributed by atoms with van der Waals surface area (Å²) in [4.78, 5) is 27.4. The zero-order chi connectivity index (χ0) is 29.4. The van der Waals surface area contributed by atoms with E-state index in [1.54, 1.807) is 23.2 Å². The second-order valence-corrected chi connectivity index (χ2v) is 11.3. The van der Waals surface area contributed by atoms with Gasteiger partial charge in [0.05, 0.1) is 4.88 Å². The number of nitrogens with one attached hydrogen (secondary N) is 2. The maximum atomic E-state index is 13.1. The highest BCUT2D eigenvalue weighted by molar-refractivity contribution is 7.15. The molecule has 12 heteroatoms. The molecule has 3 N–H and O–H groups in total. The van der Waals surface area contributed by atoms with Crippen LogP contribution in [0.1, 0.15) is 40.2 Å². The predicted octanol–water partition coefficient (Wildman–Crippen LogP) is 6.80. The molecule has 3 heterocycles. The molecule has 0 atom stereocenters. The van der Waals surface area contributed by atoms with Crippen molar-refractivity contribution in [3.05, 3.63) is 82.3 Å². The number of benzene rings is 2. The molecule has 41 heavy (non-hydrogen) atoms. The number of amides is 2. The molecule has 1 aliphatic rings. The highest BCUT2D eigenvalue weighted by Crippen LogP contribution is 2.39. The predicted molar refractivity (Wildman–Crippen MR) is 152 cm³/mol. The van der Waals surface area contributed by atoms with Gasteiger partial charge in [-0.05, 0) is 67.3 Å². The monoisotopic (exact) mass is 582 g/mol. The lowest BCUT2D eigenvalue weighted by Crippen LogP contribution is -2.46. The van der Waals surface area contributed by atoms with Crippen molar-refractivity contribution in [2.24, 2.45) is 0 Å². The largest absolute Gasteiger partial charge is 0.433 e. The summed E-state index contributed by atoms with van der Waals surface area (Å²) in [5.41, 5.74) is 2.78. The minimum atomic E-state index is -4.57. The molecule has 0 aliphatic carbocycles. The van der Waals surface area contributed by atoms with Gasteiger partial charge in [-0.2, -0.15) is 13.2 Å². The van der Waals surface area contributed by atoms with Gasteiger partial charge in [0.2, 0.25) is 5.95 Å². The first-order chi connectivity index (χ1) is 19.4. The summed E-state index contributed by atoms with van der Waals surface area (Å²) in [6.45, 7) is 6.53. The summed E-state index contributed by atoms with van der Waals surface area (Å²) in [6, 6.07) is 12.0. The van der Waals surface area contributed by atoms with Crippen LogP contribution in [0.4, 0.5) is 35.3 Å². The van der Waals surface area contributed by atoms with Crippen LogP contribution in [0.25, 0.3) is 10.4 Å². The number of likely N-dealkylation sites (tertiary alicyclic amines) is 1. The van der Waals surface area contributed by atoms with Crippen molar-refractivity contribution in [3.63, 3.8) is 0 Å². The molecule has 2 aromatic heterocycles. The lowest BCUT2D eigenvalue weighted by Gasteiger charge is -2.37. The molecule has 0 bridgehead atoms. The number of thiazole rings is 1. The number of aryl methyl sites for hydroxylation is 3. The first kappa shape index (κ1) is 28.5. The van der Waals surface area contributed by atoms with Gasteiger partial charge in [-0.3, -0.25) is 0 Å². The van der Waals surface area contributed by atoms with E-state index >= 15 is 0 Å². The number of hydrogen-bond acceptors (Lipinski definition) is 7. The fourth-order valence-corrected chi connectivity index (χ4v) is 5.73. The lowest BCUT2D eigenvalue weighted by atomic mass is 9.92. The first-order valence-corrected chi connectivity index (χ1v) is 13.8. The van der Waals surface area contributed by atoms with Gasteiger partial charge in [-0.15, -0.1) is 11.3 Å². The van der Waals surface area contributed by atoms with Gasteiger partial charge in [-0.25, -0.2) is 19.7 Å². The summed E-state index contributed by atoms with van der Waals surface area (Å²) in [5, 5.41) is 17.8. The van der Waals surface area contributed by atoms with Gasteiger partial charge in [-0.1, -0.05) is 18.2 Å². The van der Waals surface area contributed by atoms with Crippen molar-refractivity contribution in [3.8, 4) is 10.4 Å². The van der Waals surface area contributed by atoms with Gasteiger partial charge in [0, 0.05) is 49.7 Å². The molecule has 0 saturated carbocycles. The first-order valence-electron chi connectivity index (χ1n) is 13.0. The van der Waals surface area contributed by atoms with Crippen LogP contribution in [0, 0.1) is 20.8 Å². The molecule has 0 radical (unpaired) electrons. The maximum Gasteiger partial charge on any atom is 0.433 e. The van der Waals surface area contributed by atoms with Crippen molar-refractivity contribution in [2.75, 3.05) is 23.7 Å². The van der Waals surface area contributed by atoms with Crippen molar-refractivity contribution < 1.29 is 23.1 Å². The minimum Gasteiger partial charge on any atom is -0.383 e. The molecule has 2 amide bonds. The number of aliphatic hydroxyl groups is 1. The zero-order valence-corrected chi connectivity index (χ0v) is 23.5. The molecule has 1 saturated heterocycles. The van der Waals surface area contributed by atoms with Crippen LogP contribution in [0.3, 0.4) is 0 Å². The number of urea groups is 1. The number of alkyl halides is 3. The highest BCUT2D eigenvalue weighted by atomic mass is 32.1. The van der Waals surface area contributed by atoms with E-state index in [-0.39, 0.29) is 12.0 Å². The van der Waals surface area contributed by atoms with Crippen molar-refractivity contribution in [1.82, 2.24) is 19.9 Å². The molecule has 1 fully saturated rings. The van der Waals surface area contributed by atoms with Crippen LogP contribution in [0.2, 0.25) is 0 Å². The summed E-state index contributed by atoms with van der Waals surface area (Å²) in [7, 11) is 0. The molecule has 1 aliphatic heterocycles. The Morgan fingerprint density at radius 3 is 2.51 bits per heavy atom. The van der Waals surface area contributed by atoms with Crippen molar-refractivity contribution in [2.45, 2.75) is 45.4 Å². The maximum absolute atomic E-state index is 13.1. The van der Waals surface area contributed by atoms with E-state index in [0.29, 0.717) is 36.6 Å². The van der Waals surface area contributed by atoms with E-state index in [0.717, 1.165) is 45.1 Å². The molecule has 0 unspecified atom stereocenters. The topological polar surface area (TPSA) is 103 Å². The van der Waals surface area contributed by atoms with Crippen LogP contribution >= 0.6 is 11.3 Å². The Morgan fingerprint density at radius 1 is 1.02 bits per heavy atom. The van der Waals surface area contributed by atoms with Gasteiger partial charge in [0.1, 0.15) is 16.3 Å². The molecule has 4 aromatic rings. The fraction of sp³-hybridized carbons (Fsp3) is 0.310. The van der Waals surface area contributed by atoms with Gasteiger partial charge in [0.25, 0.3) is 0 Å². The number of anilines is 3. The van der Waals surface area contributed by atoms with E-state index in [9.17, 15) is 23.1 Å². The Kier molecular flexibility index (Phi) is 7.71. The standard InChI is InChI=1S/C29H29F3N6O2S/c1-17-4-5-19(3)22(14-17)36-27(39)38-10-7-28(40,8-11-38)25-34-16-23(41-25)20-12-18(2)13-21(15-20)35-26-33-9-6-24(37-26)29(30,31)32/h4-6,9,12-16,40H,7-8,10-11H2,1-3H3,(H,36,39)(H,33,35,37). The van der Waals surface area contributed by atoms with Gasteiger partial charge < -0.3 is 20.6 Å². The molecular formula is C29H29F3N6O2S. The van der Waals surface area contributed by atoms with Crippen LogP contribution in [0.5, 0.6) is 0 Å². The number of carbonyl (C=O) groups excluding carboxylic acids is 1. The molecule has 2 aromatic carbocycles. The Bertz CT molecular complexity index is 1580. The van der Waals surface area contributed by atoms with E-state index in [1.807, 2.05) is 45.0 Å². The Morgan fingerprint density at radius 2 is 1.78 bits per heavy atom. The summed E-state index contributed by atoms with van der Waals surface area (Å²) >= 11 is 1.35. The van der Waals surface area contributed by atoms with E-state index in [1.165, 1.54) is 11.3 Å². The average Bonchev–Trinajstić information content (AvgIpc) is 3.42. The van der Waals surface area contributed by atoms with Crippen LogP contribution < -0.4 is 10.6 Å². The Labute approximate surface area is 239 Å². The number of carbonyl (C=O) groups is 1. The lowest BCUT2D eigenvalue weighted by molar-refractivity contribution is -0.141. The molecule has 5 rings (SSSR count). The summed E-state index contributed by atoms with van der Waals surface area (Å²) in [5.74, 6) is -0.163. The van der Waals surface area contributed by atoms with Crippen LogP contribution in [-0.2, 0) is 11.8 Å². The van der Waals surface area contributed by atoms with E-state index < -0.39 is 17.5 Å². The van der Waals surface area contributed by atoms with Crippen LogP contribution in [-0.4, -0.2) is 44.1 Å². The molecule has 8 nitrogen and oxygen atoms in total. The fourth-order valence-electron chi connectivity index (χ4n) is 4.68. The van der Waals surface area contributed by atoms with Crippen LogP contribution in [0.15, 0.2) is 54.9 Å². The smallest absolute Gasteiger partial charge is 0.383 e.